The monoisotopic (exact) mass is 306 g/mol. The smallest absolute Gasteiger partial charge is 0.262 e. The van der Waals surface area contributed by atoms with Crippen molar-refractivity contribution in [2.75, 3.05) is 19.6 Å². The molecule has 0 atom stereocenters. The minimum Gasteiger partial charge on any atom is -0.493 e. The molecule has 0 unspecified atom stereocenters. The van der Waals surface area contributed by atoms with Crippen molar-refractivity contribution in [3.63, 3.8) is 0 Å². The third-order valence-electron chi connectivity index (χ3n) is 3.57. The van der Waals surface area contributed by atoms with Crippen LogP contribution in [0.5, 0.6) is 11.5 Å². The molecule has 2 aromatic rings. The second-order valence-corrected chi connectivity index (χ2v) is 4.97. The van der Waals surface area contributed by atoms with Gasteiger partial charge >= 0.3 is 0 Å². The van der Waals surface area contributed by atoms with Crippen molar-refractivity contribution in [1.29, 1.82) is 0 Å². The molecule has 0 aliphatic rings. The van der Waals surface area contributed by atoms with Crippen molar-refractivity contribution < 1.29 is 9.47 Å². The second kappa shape index (κ2) is 7.13. The lowest BCUT2D eigenvalue weighted by molar-refractivity contribution is 0.355. The first kappa shape index (κ1) is 16.1. The lowest BCUT2D eigenvalue weighted by atomic mass is 10.2. The number of nitrogens with two attached hydrogens (primary N) is 1. The number of nitrogen functional groups attached to an aromatic ring is 1. The largest absolute Gasteiger partial charge is 0.493 e. The zero-order valence-electron chi connectivity index (χ0n) is 13.2. The number of hydrogen-bond acceptors (Lipinski definition) is 6. The Bertz CT molecular complexity index is 712. The number of unbranched alkanes of at least 4 members (excludes halogenated alkanes) is 2. The van der Waals surface area contributed by atoms with Gasteiger partial charge in [0, 0.05) is 12.6 Å². The lowest BCUT2D eigenvalue weighted by Crippen LogP contribution is -2.27. The fourth-order valence-electron chi connectivity index (χ4n) is 2.39. The number of benzene rings is 1. The zero-order chi connectivity index (χ0) is 16.1. The van der Waals surface area contributed by atoms with E-state index in [1.54, 1.807) is 16.7 Å². The maximum atomic E-state index is 12.7. The minimum absolute atomic E-state index is 0.144. The molecule has 0 saturated carbocycles. The number of fused-ring (bicyclic) bond motifs is 1. The van der Waals surface area contributed by atoms with Gasteiger partial charge in [0.05, 0.1) is 25.1 Å². The number of aromatic nitrogens is 2. The number of methoxy groups -OCH3 is 2. The van der Waals surface area contributed by atoms with Gasteiger partial charge in [-0.1, -0.05) is 19.8 Å². The topological polar surface area (TPSA) is 91.4 Å². The molecular formula is C15H22N4O3. The molecule has 2 rings (SSSR count). The number of hydrogen-bond donors (Lipinski definition) is 2. The van der Waals surface area contributed by atoms with Gasteiger partial charge in [-0.05, 0) is 12.5 Å². The minimum atomic E-state index is -0.144. The highest BCUT2D eigenvalue weighted by atomic mass is 16.5. The van der Waals surface area contributed by atoms with Crippen LogP contribution in [0.2, 0.25) is 0 Å². The summed E-state index contributed by atoms with van der Waals surface area (Å²) < 4.78 is 12.1. The third kappa shape index (κ3) is 2.99. The van der Waals surface area contributed by atoms with E-state index in [2.05, 4.69) is 17.3 Å². The van der Waals surface area contributed by atoms with Crippen LogP contribution in [0.4, 0.5) is 5.95 Å². The standard InChI is InChI=1S/C15H22N4O3/c1-4-5-6-7-19-14(20)10-8-12(21-2)13(22-3)9-11(10)17-15(19)18-16/h8-9H,4-7,16H2,1-3H3,(H,17,18). The summed E-state index contributed by atoms with van der Waals surface area (Å²) in [5, 5.41) is 0.480. The molecule has 0 bridgehead atoms. The lowest BCUT2D eigenvalue weighted by Gasteiger charge is -2.14. The van der Waals surface area contributed by atoms with Gasteiger partial charge in [-0.2, -0.15) is 0 Å². The van der Waals surface area contributed by atoms with E-state index in [0.29, 0.717) is 34.9 Å². The summed E-state index contributed by atoms with van der Waals surface area (Å²) >= 11 is 0. The summed E-state index contributed by atoms with van der Waals surface area (Å²) in [5.41, 5.74) is 2.87. The van der Waals surface area contributed by atoms with Gasteiger partial charge < -0.3 is 9.47 Å². The van der Waals surface area contributed by atoms with Crippen molar-refractivity contribution in [3.8, 4) is 11.5 Å². The Morgan fingerprint density at radius 2 is 1.91 bits per heavy atom. The highest BCUT2D eigenvalue weighted by Gasteiger charge is 2.14. The van der Waals surface area contributed by atoms with Gasteiger partial charge in [0.25, 0.3) is 5.56 Å². The van der Waals surface area contributed by atoms with E-state index in [4.69, 9.17) is 15.3 Å². The molecule has 0 radical (unpaired) electrons. The van der Waals surface area contributed by atoms with E-state index in [9.17, 15) is 4.79 Å². The number of ether oxygens (including phenoxy) is 2. The van der Waals surface area contributed by atoms with Gasteiger partial charge in [0.15, 0.2) is 11.5 Å². The first-order chi connectivity index (χ1) is 10.7. The molecule has 0 fully saturated rings. The molecule has 7 nitrogen and oxygen atoms in total. The number of nitrogens with zero attached hydrogens (tertiary/aromatic N) is 2. The summed E-state index contributed by atoms with van der Waals surface area (Å²) in [7, 11) is 3.07. The van der Waals surface area contributed by atoms with E-state index >= 15 is 0 Å². The van der Waals surface area contributed by atoms with E-state index in [0.717, 1.165) is 19.3 Å². The molecule has 0 saturated heterocycles. The average molecular weight is 306 g/mol. The Hall–Kier alpha value is -2.28. The maximum Gasteiger partial charge on any atom is 0.262 e. The van der Waals surface area contributed by atoms with Gasteiger partial charge in [-0.25, -0.2) is 10.8 Å². The van der Waals surface area contributed by atoms with E-state index in [1.165, 1.54) is 14.2 Å². The molecule has 3 N–H and O–H groups in total. The summed E-state index contributed by atoms with van der Waals surface area (Å²) in [5.74, 6) is 6.89. The number of hydrazine groups is 1. The van der Waals surface area contributed by atoms with Gasteiger partial charge in [0.2, 0.25) is 5.95 Å². The predicted octanol–water partition coefficient (Wildman–Crippen LogP) is 1.89. The molecule has 0 spiro atoms. The molecule has 0 aliphatic heterocycles. The first-order valence-corrected chi connectivity index (χ1v) is 7.29. The Labute approximate surface area is 129 Å². The highest BCUT2D eigenvalue weighted by Crippen LogP contribution is 2.30. The summed E-state index contributed by atoms with van der Waals surface area (Å²) in [6.45, 7) is 2.68. The Kier molecular flexibility index (Phi) is 5.21. The SMILES string of the molecule is CCCCCn1c(NN)nc2cc(OC)c(OC)cc2c1=O. The van der Waals surface area contributed by atoms with Crippen LogP contribution < -0.4 is 26.3 Å². The fourth-order valence-corrected chi connectivity index (χ4v) is 2.39. The van der Waals surface area contributed by atoms with Crippen LogP contribution in [0.3, 0.4) is 0 Å². The van der Waals surface area contributed by atoms with Crippen LogP contribution in [0.1, 0.15) is 26.2 Å². The van der Waals surface area contributed by atoms with Crippen molar-refractivity contribution >= 4 is 16.9 Å². The molecule has 1 aromatic carbocycles. The van der Waals surface area contributed by atoms with Crippen LogP contribution in [-0.2, 0) is 6.54 Å². The predicted molar refractivity (Wildman–Crippen MR) is 86.4 cm³/mol. The van der Waals surface area contributed by atoms with Crippen molar-refractivity contribution in [3.05, 3.63) is 22.5 Å². The molecular weight excluding hydrogens is 284 g/mol. The zero-order valence-corrected chi connectivity index (χ0v) is 13.2. The quantitative estimate of drug-likeness (QED) is 0.461. The third-order valence-corrected chi connectivity index (χ3v) is 3.57. The fraction of sp³-hybridized carbons (Fsp3) is 0.467. The number of anilines is 1. The van der Waals surface area contributed by atoms with E-state index < -0.39 is 0 Å². The highest BCUT2D eigenvalue weighted by molar-refractivity contribution is 5.82. The van der Waals surface area contributed by atoms with Crippen LogP contribution in [0.25, 0.3) is 10.9 Å². The molecule has 120 valence electrons. The number of rotatable bonds is 7. The van der Waals surface area contributed by atoms with Crippen molar-refractivity contribution in [1.82, 2.24) is 9.55 Å². The van der Waals surface area contributed by atoms with Crippen LogP contribution in [0, 0.1) is 0 Å². The first-order valence-electron chi connectivity index (χ1n) is 7.29. The second-order valence-electron chi connectivity index (χ2n) is 4.97. The van der Waals surface area contributed by atoms with E-state index in [-0.39, 0.29) is 5.56 Å². The Morgan fingerprint density at radius 3 is 2.50 bits per heavy atom. The molecule has 0 amide bonds. The summed E-state index contributed by atoms with van der Waals surface area (Å²) in [6, 6.07) is 3.33. The van der Waals surface area contributed by atoms with Crippen LogP contribution >= 0.6 is 0 Å². The van der Waals surface area contributed by atoms with Gasteiger partial charge in [0.1, 0.15) is 0 Å². The molecule has 22 heavy (non-hydrogen) atoms. The average Bonchev–Trinajstić information content (AvgIpc) is 2.55. The van der Waals surface area contributed by atoms with E-state index in [1.807, 2.05) is 0 Å². The van der Waals surface area contributed by atoms with Gasteiger partial charge in [-0.3, -0.25) is 14.8 Å². The molecule has 1 aromatic heterocycles. The van der Waals surface area contributed by atoms with Crippen molar-refractivity contribution in [2.24, 2.45) is 5.84 Å². The van der Waals surface area contributed by atoms with Crippen LogP contribution in [0.15, 0.2) is 16.9 Å². The van der Waals surface area contributed by atoms with Crippen LogP contribution in [-0.4, -0.2) is 23.8 Å². The molecule has 0 aliphatic carbocycles. The summed E-state index contributed by atoms with van der Waals surface area (Å²) in [6.07, 6.45) is 3.01. The van der Waals surface area contributed by atoms with Crippen molar-refractivity contribution in [2.45, 2.75) is 32.7 Å². The summed E-state index contributed by atoms with van der Waals surface area (Å²) in [4.78, 5) is 17.1. The Balaban J connectivity index is 2.61. The number of nitrogens with one attached hydrogen (secondary N) is 1. The molecule has 1 heterocycles. The Morgan fingerprint density at radius 1 is 1.23 bits per heavy atom. The van der Waals surface area contributed by atoms with Gasteiger partial charge in [-0.15, -0.1) is 0 Å². The maximum absolute atomic E-state index is 12.7. The normalized spacial score (nSPS) is 10.7. The molecule has 7 heteroatoms.